The van der Waals surface area contributed by atoms with E-state index in [1.54, 1.807) is 6.07 Å². The highest BCUT2D eigenvalue weighted by Gasteiger charge is 2.43. The Kier molecular flexibility index (Phi) is 2.06. The molecule has 1 saturated heterocycles. The minimum atomic E-state index is -0.101. The molecule has 2 atom stereocenters. The predicted octanol–water partition coefficient (Wildman–Crippen LogP) is 2.47. The van der Waals surface area contributed by atoms with E-state index >= 15 is 0 Å². The Hall–Kier alpha value is -0.890. The summed E-state index contributed by atoms with van der Waals surface area (Å²) >= 11 is 0. The lowest BCUT2D eigenvalue weighted by Gasteiger charge is -2.34. The fourth-order valence-corrected chi connectivity index (χ4v) is 3.27. The third-order valence-corrected chi connectivity index (χ3v) is 4.04. The van der Waals surface area contributed by atoms with Crippen LogP contribution < -0.4 is 5.32 Å². The minimum Gasteiger partial charge on any atom is -0.316 e. The van der Waals surface area contributed by atoms with Crippen LogP contribution in [-0.2, 0) is 5.41 Å². The van der Waals surface area contributed by atoms with E-state index in [1.165, 1.54) is 30.9 Å². The molecule has 2 aliphatic rings. The van der Waals surface area contributed by atoms with Crippen molar-refractivity contribution in [3.8, 4) is 0 Å². The Morgan fingerprint density at radius 1 is 1.40 bits per heavy atom. The molecule has 0 spiro atoms. The number of hydrogen-bond donors (Lipinski definition) is 1. The van der Waals surface area contributed by atoms with Gasteiger partial charge in [-0.2, -0.15) is 0 Å². The fraction of sp³-hybridized carbons (Fsp3) is 0.538. The number of nitrogens with one attached hydrogen (secondary N) is 1. The van der Waals surface area contributed by atoms with Crippen LogP contribution in [-0.4, -0.2) is 13.1 Å². The second-order valence-electron chi connectivity index (χ2n) is 5.03. The molecule has 80 valence electrons. The third kappa shape index (κ3) is 1.48. The molecule has 2 fully saturated rings. The van der Waals surface area contributed by atoms with Crippen molar-refractivity contribution in [1.29, 1.82) is 0 Å². The number of piperidine rings is 1. The molecule has 1 saturated carbocycles. The summed E-state index contributed by atoms with van der Waals surface area (Å²) in [5.74, 6) is 0.706. The molecule has 0 aromatic heterocycles. The number of halogens is 1. The van der Waals surface area contributed by atoms with Crippen LogP contribution in [0.25, 0.3) is 0 Å². The first kappa shape index (κ1) is 9.34. The van der Waals surface area contributed by atoms with Crippen LogP contribution in [0.5, 0.6) is 0 Å². The van der Waals surface area contributed by atoms with Crippen LogP contribution >= 0.6 is 0 Å². The van der Waals surface area contributed by atoms with Gasteiger partial charge in [-0.3, -0.25) is 0 Å². The maximum Gasteiger partial charge on any atom is 0.123 e. The summed E-state index contributed by atoms with van der Waals surface area (Å²) in [6, 6.07) is 7.16. The lowest BCUT2D eigenvalue weighted by Crippen LogP contribution is -2.42. The molecule has 15 heavy (non-hydrogen) atoms. The number of benzene rings is 1. The zero-order valence-corrected chi connectivity index (χ0v) is 8.80. The summed E-state index contributed by atoms with van der Waals surface area (Å²) in [5.41, 5.74) is 1.42. The highest BCUT2D eigenvalue weighted by Crippen LogP contribution is 2.45. The van der Waals surface area contributed by atoms with E-state index in [4.69, 9.17) is 0 Å². The van der Waals surface area contributed by atoms with Gasteiger partial charge in [0.1, 0.15) is 5.82 Å². The Balaban J connectivity index is 1.98. The van der Waals surface area contributed by atoms with Crippen molar-refractivity contribution in [2.24, 2.45) is 5.92 Å². The van der Waals surface area contributed by atoms with Crippen LogP contribution in [0.2, 0.25) is 0 Å². The standard InChI is InChI=1S/C13H16FN/c14-12-3-1-2-11(6-12)13-5-4-10(7-13)8-15-9-13/h1-3,6,10,15H,4-5,7-9H2. The van der Waals surface area contributed by atoms with E-state index in [9.17, 15) is 4.39 Å². The number of rotatable bonds is 1. The van der Waals surface area contributed by atoms with Gasteiger partial charge < -0.3 is 5.32 Å². The van der Waals surface area contributed by atoms with Gasteiger partial charge in [0.15, 0.2) is 0 Å². The summed E-state index contributed by atoms with van der Waals surface area (Å²) in [6.45, 7) is 2.17. The molecule has 1 aliphatic carbocycles. The molecule has 1 heterocycles. The number of hydrogen-bond acceptors (Lipinski definition) is 1. The van der Waals surface area contributed by atoms with Crippen molar-refractivity contribution >= 4 is 0 Å². The third-order valence-electron chi connectivity index (χ3n) is 4.04. The largest absolute Gasteiger partial charge is 0.316 e. The van der Waals surface area contributed by atoms with Gasteiger partial charge in [-0.1, -0.05) is 12.1 Å². The second-order valence-corrected chi connectivity index (χ2v) is 5.03. The van der Waals surface area contributed by atoms with Gasteiger partial charge in [-0.15, -0.1) is 0 Å². The van der Waals surface area contributed by atoms with Gasteiger partial charge in [0.05, 0.1) is 0 Å². The Morgan fingerprint density at radius 3 is 3.20 bits per heavy atom. The van der Waals surface area contributed by atoms with Crippen molar-refractivity contribution in [3.05, 3.63) is 35.6 Å². The minimum absolute atomic E-state index is 0.101. The molecule has 1 aromatic rings. The first-order valence-corrected chi connectivity index (χ1v) is 5.75. The lowest BCUT2D eigenvalue weighted by molar-refractivity contribution is 0.326. The highest BCUT2D eigenvalue weighted by molar-refractivity contribution is 5.29. The average Bonchev–Trinajstić information content (AvgIpc) is 2.56. The van der Waals surface area contributed by atoms with Crippen molar-refractivity contribution in [2.45, 2.75) is 24.7 Å². The van der Waals surface area contributed by atoms with E-state index in [1.807, 2.05) is 6.07 Å². The van der Waals surface area contributed by atoms with Crippen LogP contribution in [0.3, 0.4) is 0 Å². The Labute approximate surface area is 89.7 Å². The van der Waals surface area contributed by atoms with Gasteiger partial charge in [-0.25, -0.2) is 4.39 Å². The zero-order valence-electron chi connectivity index (χ0n) is 8.80. The van der Waals surface area contributed by atoms with E-state index < -0.39 is 0 Å². The van der Waals surface area contributed by atoms with Gasteiger partial charge in [0.2, 0.25) is 0 Å². The summed E-state index contributed by atoms with van der Waals surface area (Å²) in [7, 11) is 0. The molecule has 2 unspecified atom stereocenters. The van der Waals surface area contributed by atoms with Crippen molar-refractivity contribution < 1.29 is 4.39 Å². The summed E-state index contributed by atoms with van der Waals surface area (Å²) < 4.78 is 13.2. The molecule has 0 amide bonds. The zero-order chi connectivity index (χ0) is 10.3. The predicted molar refractivity (Wildman–Crippen MR) is 58.3 cm³/mol. The molecule has 2 bridgehead atoms. The molecular weight excluding hydrogens is 189 g/mol. The van der Waals surface area contributed by atoms with Crippen molar-refractivity contribution in [2.75, 3.05) is 13.1 Å². The van der Waals surface area contributed by atoms with E-state index in [2.05, 4.69) is 11.4 Å². The van der Waals surface area contributed by atoms with Gasteiger partial charge in [0.25, 0.3) is 0 Å². The highest BCUT2D eigenvalue weighted by atomic mass is 19.1. The van der Waals surface area contributed by atoms with Crippen molar-refractivity contribution in [3.63, 3.8) is 0 Å². The molecule has 3 rings (SSSR count). The van der Waals surface area contributed by atoms with Crippen LogP contribution in [0.15, 0.2) is 24.3 Å². The lowest BCUT2D eigenvalue weighted by atomic mass is 9.76. The van der Waals surface area contributed by atoms with Gasteiger partial charge in [-0.05, 0) is 49.4 Å². The Bertz CT molecular complexity index is 373. The van der Waals surface area contributed by atoms with E-state index in [0.29, 0.717) is 0 Å². The summed E-state index contributed by atoms with van der Waals surface area (Å²) in [4.78, 5) is 0. The van der Waals surface area contributed by atoms with E-state index in [-0.39, 0.29) is 11.2 Å². The SMILES string of the molecule is Fc1cccc(C23CCC(CNC2)C3)c1. The molecule has 1 aromatic carbocycles. The first-order valence-electron chi connectivity index (χ1n) is 5.75. The number of fused-ring (bicyclic) bond motifs is 2. The first-order chi connectivity index (χ1) is 7.28. The molecule has 1 aliphatic heterocycles. The second kappa shape index (κ2) is 3.31. The summed E-state index contributed by atoms with van der Waals surface area (Å²) in [5, 5.41) is 3.48. The molecule has 1 nitrogen and oxygen atoms in total. The monoisotopic (exact) mass is 205 g/mol. The maximum atomic E-state index is 13.2. The van der Waals surface area contributed by atoms with Gasteiger partial charge in [0, 0.05) is 12.0 Å². The molecule has 0 radical (unpaired) electrons. The van der Waals surface area contributed by atoms with E-state index in [0.717, 1.165) is 19.0 Å². The maximum absolute atomic E-state index is 13.2. The van der Waals surface area contributed by atoms with Crippen LogP contribution in [0.4, 0.5) is 4.39 Å². The summed E-state index contributed by atoms with van der Waals surface area (Å²) in [6.07, 6.45) is 3.75. The molecular formula is C13H16FN. The molecule has 1 N–H and O–H groups in total. The molecule has 2 heteroatoms. The average molecular weight is 205 g/mol. The normalized spacial score (nSPS) is 34.3. The topological polar surface area (TPSA) is 12.0 Å². The van der Waals surface area contributed by atoms with Gasteiger partial charge >= 0.3 is 0 Å². The quantitative estimate of drug-likeness (QED) is 0.742. The van der Waals surface area contributed by atoms with Crippen LogP contribution in [0.1, 0.15) is 24.8 Å². The van der Waals surface area contributed by atoms with Crippen molar-refractivity contribution in [1.82, 2.24) is 5.32 Å². The smallest absolute Gasteiger partial charge is 0.123 e. The van der Waals surface area contributed by atoms with Crippen LogP contribution in [0, 0.1) is 11.7 Å². The Morgan fingerprint density at radius 2 is 2.33 bits per heavy atom. The fourth-order valence-electron chi connectivity index (χ4n) is 3.27.